The number of nitrogens with one attached hydrogen (secondary N) is 1. The van der Waals surface area contributed by atoms with Crippen LogP contribution in [-0.2, 0) is 22.4 Å². The topological polar surface area (TPSA) is 70.6 Å². The van der Waals surface area contributed by atoms with Crippen molar-refractivity contribution < 1.29 is 13.9 Å². The summed E-state index contributed by atoms with van der Waals surface area (Å²) < 4.78 is 20.7. The summed E-state index contributed by atoms with van der Waals surface area (Å²) in [4.78, 5) is 26.1. The number of carbonyl (C=O) groups excluding carboxylic acids is 1. The predicted octanol–water partition coefficient (Wildman–Crippen LogP) is 7.40. The summed E-state index contributed by atoms with van der Waals surface area (Å²) in [5, 5.41) is 4.09. The molecule has 3 heterocycles. The van der Waals surface area contributed by atoms with Crippen LogP contribution in [0.3, 0.4) is 0 Å². The van der Waals surface area contributed by atoms with Crippen molar-refractivity contribution >= 4 is 40.4 Å². The monoisotopic (exact) mass is 625 g/mol. The van der Waals surface area contributed by atoms with Crippen LogP contribution >= 0.6 is 11.6 Å². The Bertz CT molecular complexity index is 1680. The minimum atomic E-state index is -0.257. The highest BCUT2D eigenvalue weighted by Gasteiger charge is 2.18. The molecule has 2 aliphatic heterocycles. The van der Waals surface area contributed by atoms with Crippen LogP contribution in [-0.4, -0.2) is 55.1 Å². The molecule has 0 atom stereocenters. The van der Waals surface area contributed by atoms with Gasteiger partial charge in [-0.05, 0) is 72.9 Å². The largest absolute Gasteiger partial charge is 0.378 e. The first-order valence-corrected chi connectivity index (χ1v) is 15.9. The van der Waals surface area contributed by atoms with Crippen LogP contribution < -0.4 is 15.1 Å². The van der Waals surface area contributed by atoms with Gasteiger partial charge >= 0.3 is 0 Å². The lowest BCUT2D eigenvalue weighted by atomic mass is 9.98. The molecular formula is C36H37ClFN5O2. The molecule has 2 aliphatic rings. The number of hydrogen-bond acceptors (Lipinski definition) is 7. The molecule has 232 valence electrons. The number of ether oxygens (including phenoxy) is 1. The maximum Gasteiger partial charge on any atom is 0.227 e. The van der Waals surface area contributed by atoms with Crippen molar-refractivity contribution in [2.45, 2.75) is 32.1 Å². The van der Waals surface area contributed by atoms with Crippen LogP contribution in [0.5, 0.6) is 0 Å². The summed E-state index contributed by atoms with van der Waals surface area (Å²) in [5.74, 6) is 0.120. The zero-order valence-electron chi connectivity index (χ0n) is 25.3. The number of anilines is 4. The first-order valence-electron chi connectivity index (χ1n) is 15.5. The van der Waals surface area contributed by atoms with Crippen molar-refractivity contribution in [1.82, 2.24) is 9.97 Å². The molecule has 1 aromatic heterocycles. The zero-order chi connectivity index (χ0) is 31.2. The lowest BCUT2D eigenvalue weighted by molar-refractivity contribution is -0.114. The van der Waals surface area contributed by atoms with Gasteiger partial charge < -0.3 is 19.9 Å². The van der Waals surface area contributed by atoms with E-state index >= 15 is 4.39 Å². The SMILES string of the molecule is C=CC(=O)Cc1cccc(-c2nc(Nc3ccc(Cl)c(N4CCCCC4)c3)ncc2Cc2ccc(N3CCOCC3)c(F)c2)c1. The molecule has 2 fully saturated rings. The third-order valence-corrected chi connectivity index (χ3v) is 8.65. The molecule has 6 rings (SSSR count). The van der Waals surface area contributed by atoms with Gasteiger partial charge in [0.15, 0.2) is 5.78 Å². The fourth-order valence-corrected chi connectivity index (χ4v) is 6.22. The number of rotatable bonds is 10. The smallest absolute Gasteiger partial charge is 0.227 e. The highest BCUT2D eigenvalue weighted by Crippen LogP contribution is 2.33. The maximum atomic E-state index is 15.3. The number of hydrogen-bond donors (Lipinski definition) is 1. The number of carbonyl (C=O) groups is 1. The van der Waals surface area contributed by atoms with Crippen molar-refractivity contribution in [3.8, 4) is 11.3 Å². The third kappa shape index (κ3) is 7.52. The van der Waals surface area contributed by atoms with E-state index < -0.39 is 0 Å². The van der Waals surface area contributed by atoms with E-state index in [0.29, 0.717) is 50.1 Å². The molecule has 0 saturated carbocycles. The summed E-state index contributed by atoms with van der Waals surface area (Å²) in [6.07, 6.45) is 7.36. The first-order chi connectivity index (χ1) is 22.0. The number of nitrogens with zero attached hydrogens (tertiary/aromatic N) is 4. The van der Waals surface area contributed by atoms with Gasteiger partial charge in [-0.25, -0.2) is 14.4 Å². The van der Waals surface area contributed by atoms with Crippen LogP contribution in [0.1, 0.15) is 36.0 Å². The van der Waals surface area contributed by atoms with Gasteiger partial charge in [-0.15, -0.1) is 0 Å². The molecule has 2 saturated heterocycles. The van der Waals surface area contributed by atoms with Crippen molar-refractivity contribution in [3.05, 3.63) is 107 Å². The van der Waals surface area contributed by atoms with Crippen LogP contribution in [0.25, 0.3) is 11.3 Å². The van der Waals surface area contributed by atoms with Gasteiger partial charge in [0.25, 0.3) is 0 Å². The minimum absolute atomic E-state index is 0.0551. The van der Waals surface area contributed by atoms with Gasteiger partial charge in [0, 0.05) is 62.0 Å². The molecule has 4 aromatic rings. The van der Waals surface area contributed by atoms with E-state index in [9.17, 15) is 4.79 Å². The van der Waals surface area contributed by atoms with Crippen molar-refractivity contribution in [3.63, 3.8) is 0 Å². The summed E-state index contributed by atoms with van der Waals surface area (Å²) in [6.45, 7) is 8.09. The highest BCUT2D eigenvalue weighted by molar-refractivity contribution is 6.33. The average molecular weight is 626 g/mol. The summed E-state index contributed by atoms with van der Waals surface area (Å²) in [6, 6.07) is 19.0. The molecule has 9 heteroatoms. The van der Waals surface area contributed by atoms with Gasteiger partial charge in [0.05, 0.1) is 35.3 Å². The maximum absolute atomic E-state index is 15.3. The van der Waals surface area contributed by atoms with E-state index in [2.05, 4.69) is 21.8 Å². The number of benzene rings is 3. The first kappa shape index (κ1) is 30.7. The second kappa shape index (κ2) is 14.2. The molecule has 3 aromatic carbocycles. The molecule has 0 radical (unpaired) electrons. The molecular weight excluding hydrogens is 589 g/mol. The Morgan fingerprint density at radius 3 is 2.53 bits per heavy atom. The van der Waals surface area contributed by atoms with Crippen LogP contribution in [0.15, 0.2) is 79.5 Å². The number of piperidine rings is 1. The van der Waals surface area contributed by atoms with E-state index in [1.54, 1.807) is 12.3 Å². The fraction of sp³-hybridized carbons (Fsp3) is 0.306. The Morgan fingerprint density at radius 2 is 1.76 bits per heavy atom. The molecule has 0 spiro atoms. The van der Waals surface area contributed by atoms with Crippen molar-refractivity contribution in [2.75, 3.05) is 54.5 Å². The lowest BCUT2D eigenvalue weighted by Gasteiger charge is -2.30. The van der Waals surface area contributed by atoms with Crippen molar-refractivity contribution in [2.24, 2.45) is 0 Å². The Hall–Kier alpha value is -4.27. The van der Waals surface area contributed by atoms with Crippen LogP contribution in [0.2, 0.25) is 5.02 Å². The van der Waals surface area contributed by atoms with Gasteiger partial charge in [-0.2, -0.15) is 0 Å². The van der Waals surface area contributed by atoms with E-state index in [1.165, 1.54) is 12.5 Å². The number of aromatic nitrogens is 2. The predicted molar refractivity (Wildman–Crippen MR) is 179 cm³/mol. The zero-order valence-corrected chi connectivity index (χ0v) is 26.0. The Morgan fingerprint density at radius 1 is 0.956 bits per heavy atom. The highest BCUT2D eigenvalue weighted by atomic mass is 35.5. The summed E-state index contributed by atoms with van der Waals surface area (Å²) in [5.41, 5.74) is 6.51. The number of morpholine rings is 1. The second-order valence-corrected chi connectivity index (χ2v) is 11.9. The van der Waals surface area contributed by atoms with Crippen LogP contribution in [0.4, 0.5) is 27.4 Å². The Kier molecular flexibility index (Phi) is 9.72. The van der Waals surface area contributed by atoms with E-state index in [1.807, 2.05) is 59.5 Å². The van der Waals surface area contributed by atoms with Gasteiger partial charge in [0.2, 0.25) is 5.95 Å². The average Bonchev–Trinajstić information content (AvgIpc) is 3.07. The summed E-state index contributed by atoms with van der Waals surface area (Å²) in [7, 11) is 0. The molecule has 0 aliphatic carbocycles. The molecule has 45 heavy (non-hydrogen) atoms. The molecule has 1 N–H and O–H groups in total. The minimum Gasteiger partial charge on any atom is -0.378 e. The molecule has 0 bridgehead atoms. The number of allylic oxidation sites excluding steroid dienone is 1. The standard InChI is InChI=1S/C36H37ClFN5O2/c1-2-30(44)21-25-7-6-8-27(19-25)35-28(20-26-9-12-33(32(38)22-26)43-15-17-45-18-16-43)24-39-36(41-35)40-29-10-11-31(37)34(23-29)42-13-4-3-5-14-42/h2,6-12,19,22-24H,1,3-5,13-18,20-21H2,(H,39,40,41). The lowest BCUT2D eigenvalue weighted by Crippen LogP contribution is -2.36. The quantitative estimate of drug-likeness (QED) is 0.184. The summed E-state index contributed by atoms with van der Waals surface area (Å²) >= 11 is 6.60. The molecule has 0 amide bonds. The third-order valence-electron chi connectivity index (χ3n) is 8.33. The van der Waals surface area contributed by atoms with E-state index in [4.69, 9.17) is 21.3 Å². The van der Waals surface area contributed by atoms with Gasteiger partial charge in [0.1, 0.15) is 5.82 Å². The van der Waals surface area contributed by atoms with Gasteiger partial charge in [-0.3, -0.25) is 4.79 Å². The molecule has 0 unspecified atom stereocenters. The number of halogens is 2. The Balaban J connectivity index is 1.32. The Labute approximate surface area is 268 Å². The second-order valence-electron chi connectivity index (χ2n) is 11.5. The fourth-order valence-electron chi connectivity index (χ4n) is 5.99. The normalized spacial score (nSPS) is 15.2. The van der Waals surface area contributed by atoms with E-state index in [0.717, 1.165) is 64.6 Å². The number of ketones is 1. The molecule has 7 nitrogen and oxygen atoms in total. The van der Waals surface area contributed by atoms with Crippen LogP contribution in [0, 0.1) is 5.82 Å². The van der Waals surface area contributed by atoms with E-state index in [-0.39, 0.29) is 18.0 Å². The van der Waals surface area contributed by atoms with Gasteiger partial charge in [-0.1, -0.05) is 42.4 Å². The van der Waals surface area contributed by atoms with Crippen molar-refractivity contribution in [1.29, 1.82) is 0 Å².